The van der Waals surface area contributed by atoms with Crippen molar-refractivity contribution in [2.24, 2.45) is 0 Å². The van der Waals surface area contributed by atoms with Crippen LogP contribution in [0.5, 0.6) is 0 Å². The first-order chi connectivity index (χ1) is 10.3. The van der Waals surface area contributed by atoms with Crippen molar-refractivity contribution in [1.29, 1.82) is 0 Å². The molecule has 8 nitrogen and oxygen atoms in total. The maximum absolute atomic E-state index is 12.5. The monoisotopic (exact) mass is 337 g/mol. The summed E-state index contributed by atoms with van der Waals surface area (Å²) in [6.07, 6.45) is 0.716. The first-order valence-electron chi connectivity index (χ1n) is 7.10. The minimum absolute atomic E-state index is 0.0370. The van der Waals surface area contributed by atoms with Crippen molar-refractivity contribution in [3.05, 3.63) is 0 Å². The summed E-state index contributed by atoms with van der Waals surface area (Å²) in [7, 11) is -2.25. The number of aliphatic carboxylic acids is 1. The van der Waals surface area contributed by atoms with Crippen molar-refractivity contribution >= 4 is 21.7 Å². The van der Waals surface area contributed by atoms with Crippen LogP contribution in [0.1, 0.15) is 19.8 Å². The SMILES string of the molecule is COCCN(CC(=O)O)C(=O)C(C)S(=O)(=O)C1CCOCC1. The zero-order valence-corrected chi connectivity index (χ0v) is 13.7. The molecule has 1 atom stereocenters. The van der Waals surface area contributed by atoms with Crippen LogP contribution in [0, 0.1) is 0 Å². The van der Waals surface area contributed by atoms with Crippen LogP contribution in [-0.2, 0) is 28.9 Å². The Morgan fingerprint density at radius 2 is 1.95 bits per heavy atom. The van der Waals surface area contributed by atoms with E-state index in [1.807, 2.05) is 0 Å². The topological polar surface area (TPSA) is 110 Å². The molecule has 9 heteroatoms. The first-order valence-corrected chi connectivity index (χ1v) is 8.71. The second-order valence-electron chi connectivity index (χ2n) is 5.19. The molecule has 1 heterocycles. The summed E-state index contributed by atoms with van der Waals surface area (Å²) in [4.78, 5) is 24.2. The van der Waals surface area contributed by atoms with E-state index < -0.39 is 38.8 Å². The molecule has 0 aromatic carbocycles. The molecule has 0 aromatic rings. The summed E-state index contributed by atoms with van der Waals surface area (Å²) in [6, 6.07) is 0. The molecular formula is C13H23NO7S. The number of carbonyl (C=O) groups is 2. The molecule has 0 spiro atoms. The summed E-state index contributed by atoms with van der Waals surface area (Å²) in [5.74, 6) is -1.90. The maximum atomic E-state index is 12.5. The van der Waals surface area contributed by atoms with Gasteiger partial charge in [0.05, 0.1) is 11.9 Å². The summed E-state index contributed by atoms with van der Waals surface area (Å²) < 4.78 is 35.0. The number of carboxylic acids is 1. The van der Waals surface area contributed by atoms with Gasteiger partial charge in [-0.1, -0.05) is 0 Å². The minimum Gasteiger partial charge on any atom is -0.480 e. The lowest BCUT2D eigenvalue weighted by molar-refractivity contribution is -0.144. The van der Waals surface area contributed by atoms with Gasteiger partial charge in [-0.3, -0.25) is 9.59 Å². The van der Waals surface area contributed by atoms with Gasteiger partial charge in [-0.2, -0.15) is 0 Å². The van der Waals surface area contributed by atoms with E-state index in [0.29, 0.717) is 26.1 Å². The van der Waals surface area contributed by atoms with E-state index in [2.05, 4.69) is 0 Å². The van der Waals surface area contributed by atoms with E-state index in [-0.39, 0.29) is 13.2 Å². The van der Waals surface area contributed by atoms with E-state index >= 15 is 0 Å². The molecule has 1 saturated heterocycles. The fraction of sp³-hybridized carbons (Fsp3) is 0.846. The minimum atomic E-state index is -3.67. The average molecular weight is 337 g/mol. The maximum Gasteiger partial charge on any atom is 0.323 e. The molecular weight excluding hydrogens is 314 g/mol. The van der Waals surface area contributed by atoms with Crippen molar-refractivity contribution in [2.75, 3.05) is 40.0 Å². The lowest BCUT2D eigenvalue weighted by atomic mass is 10.2. The van der Waals surface area contributed by atoms with Crippen LogP contribution in [0.4, 0.5) is 0 Å². The summed E-state index contributed by atoms with van der Waals surface area (Å²) >= 11 is 0. The summed E-state index contributed by atoms with van der Waals surface area (Å²) in [6.45, 7) is 1.66. The molecule has 1 N–H and O–H groups in total. The standard InChI is InChI=1S/C13H23NO7S/c1-10(22(18,19)11-3-6-21-7-4-11)13(17)14(5-8-20-2)9-12(15)16/h10-11H,3-9H2,1-2H3,(H,15,16). The van der Waals surface area contributed by atoms with Crippen molar-refractivity contribution in [1.82, 2.24) is 4.90 Å². The van der Waals surface area contributed by atoms with Crippen LogP contribution in [-0.4, -0.2) is 80.8 Å². The Balaban J connectivity index is 2.83. The van der Waals surface area contributed by atoms with Gasteiger partial charge in [-0.15, -0.1) is 0 Å². The van der Waals surface area contributed by atoms with Crippen molar-refractivity contribution in [3.8, 4) is 0 Å². The largest absolute Gasteiger partial charge is 0.480 e. The highest BCUT2D eigenvalue weighted by molar-refractivity contribution is 7.93. The molecule has 1 aliphatic heterocycles. The lowest BCUT2D eigenvalue weighted by Crippen LogP contribution is -2.48. The van der Waals surface area contributed by atoms with Crippen molar-refractivity contribution in [2.45, 2.75) is 30.3 Å². The predicted molar refractivity (Wildman–Crippen MR) is 78.3 cm³/mol. The van der Waals surface area contributed by atoms with Gasteiger partial charge in [0.25, 0.3) is 0 Å². The molecule has 1 fully saturated rings. The fourth-order valence-corrected chi connectivity index (χ4v) is 4.18. The van der Waals surface area contributed by atoms with E-state index in [4.69, 9.17) is 14.6 Å². The van der Waals surface area contributed by atoms with E-state index in [0.717, 1.165) is 4.90 Å². The van der Waals surface area contributed by atoms with E-state index in [1.165, 1.54) is 14.0 Å². The van der Waals surface area contributed by atoms with E-state index in [1.54, 1.807) is 0 Å². The Hall–Kier alpha value is -1.19. The molecule has 1 aliphatic rings. The van der Waals surface area contributed by atoms with Gasteiger partial charge < -0.3 is 19.5 Å². The van der Waals surface area contributed by atoms with Crippen LogP contribution in [0.15, 0.2) is 0 Å². The van der Waals surface area contributed by atoms with Gasteiger partial charge in [0, 0.05) is 26.9 Å². The first kappa shape index (κ1) is 18.9. The highest BCUT2D eigenvalue weighted by atomic mass is 32.2. The van der Waals surface area contributed by atoms with Gasteiger partial charge in [0.1, 0.15) is 11.8 Å². The molecule has 1 rings (SSSR count). The Morgan fingerprint density at radius 3 is 2.45 bits per heavy atom. The zero-order valence-electron chi connectivity index (χ0n) is 12.9. The Morgan fingerprint density at radius 1 is 1.36 bits per heavy atom. The number of nitrogens with zero attached hydrogens (tertiary/aromatic N) is 1. The molecule has 0 aromatic heterocycles. The highest BCUT2D eigenvalue weighted by Gasteiger charge is 2.38. The summed E-state index contributed by atoms with van der Waals surface area (Å²) in [5, 5.41) is 6.98. The summed E-state index contributed by atoms with van der Waals surface area (Å²) in [5.41, 5.74) is 0. The molecule has 0 saturated carbocycles. The van der Waals surface area contributed by atoms with Crippen LogP contribution in [0.25, 0.3) is 0 Å². The van der Waals surface area contributed by atoms with Crippen LogP contribution in [0.3, 0.4) is 0 Å². The molecule has 22 heavy (non-hydrogen) atoms. The second-order valence-corrected chi connectivity index (χ2v) is 7.74. The van der Waals surface area contributed by atoms with Gasteiger partial charge in [-0.05, 0) is 19.8 Å². The molecule has 1 unspecified atom stereocenters. The number of amides is 1. The molecule has 128 valence electrons. The number of hydrogen-bond acceptors (Lipinski definition) is 6. The number of rotatable bonds is 8. The van der Waals surface area contributed by atoms with Gasteiger partial charge in [0.15, 0.2) is 9.84 Å². The third kappa shape index (κ3) is 4.92. The van der Waals surface area contributed by atoms with Gasteiger partial charge in [0.2, 0.25) is 5.91 Å². The number of carbonyl (C=O) groups excluding carboxylic acids is 1. The number of sulfone groups is 1. The number of carboxylic acid groups (broad SMARTS) is 1. The Labute approximate surface area is 130 Å². The fourth-order valence-electron chi connectivity index (χ4n) is 2.32. The molecule has 0 bridgehead atoms. The predicted octanol–water partition coefficient (Wildman–Crippen LogP) is -0.472. The smallest absolute Gasteiger partial charge is 0.323 e. The second kappa shape index (κ2) is 8.44. The third-order valence-electron chi connectivity index (χ3n) is 3.68. The normalized spacial score (nSPS) is 17.9. The molecule has 0 radical (unpaired) electrons. The Bertz CT molecular complexity index is 485. The van der Waals surface area contributed by atoms with E-state index in [9.17, 15) is 18.0 Å². The third-order valence-corrected chi connectivity index (χ3v) is 6.26. The van der Waals surface area contributed by atoms with Crippen LogP contribution < -0.4 is 0 Å². The van der Waals surface area contributed by atoms with Gasteiger partial charge >= 0.3 is 5.97 Å². The highest BCUT2D eigenvalue weighted by Crippen LogP contribution is 2.21. The molecule has 1 amide bonds. The van der Waals surface area contributed by atoms with Crippen molar-refractivity contribution < 1.29 is 32.6 Å². The lowest BCUT2D eigenvalue weighted by Gasteiger charge is -2.28. The van der Waals surface area contributed by atoms with Crippen LogP contribution >= 0.6 is 0 Å². The quantitative estimate of drug-likeness (QED) is 0.637. The number of ether oxygens (including phenoxy) is 2. The molecule has 0 aliphatic carbocycles. The van der Waals surface area contributed by atoms with Crippen LogP contribution in [0.2, 0.25) is 0 Å². The number of hydrogen-bond donors (Lipinski definition) is 1. The van der Waals surface area contributed by atoms with Gasteiger partial charge in [-0.25, -0.2) is 8.42 Å². The zero-order chi connectivity index (χ0) is 16.8. The average Bonchev–Trinajstić information content (AvgIpc) is 2.50. The number of methoxy groups -OCH3 is 1. The van der Waals surface area contributed by atoms with Crippen molar-refractivity contribution in [3.63, 3.8) is 0 Å². The Kier molecular flexibility index (Phi) is 7.24.